The second-order valence-corrected chi connectivity index (χ2v) is 11.2. The van der Waals surface area contributed by atoms with Gasteiger partial charge in [-0.15, -0.1) is 0 Å². The summed E-state index contributed by atoms with van der Waals surface area (Å²) in [5.41, 5.74) is 1.07. The van der Waals surface area contributed by atoms with Crippen molar-refractivity contribution in [1.82, 2.24) is 4.31 Å². The van der Waals surface area contributed by atoms with Crippen LogP contribution in [0.25, 0.3) is 0 Å². The van der Waals surface area contributed by atoms with E-state index in [0.29, 0.717) is 5.92 Å². The van der Waals surface area contributed by atoms with Crippen molar-refractivity contribution in [2.24, 2.45) is 5.92 Å². The smallest absolute Gasteiger partial charge is 0.228 e. The van der Waals surface area contributed by atoms with Gasteiger partial charge in [-0.1, -0.05) is 39.8 Å². The topological polar surface area (TPSA) is 71.5 Å². The molecule has 0 aromatic heterocycles. The molecule has 2 rings (SSSR count). The number of benzene rings is 1. The Morgan fingerprint density at radius 3 is 1.96 bits per heavy atom. The largest absolute Gasteiger partial charge is 0.243 e. The summed E-state index contributed by atoms with van der Waals surface area (Å²) < 4.78 is 50.6. The maximum absolute atomic E-state index is 12.5. The van der Waals surface area contributed by atoms with Crippen LogP contribution in [0.15, 0.2) is 29.2 Å². The highest BCUT2D eigenvalue weighted by Crippen LogP contribution is 2.27. The fourth-order valence-corrected chi connectivity index (χ4v) is 6.33. The van der Waals surface area contributed by atoms with Crippen molar-refractivity contribution in [3.63, 3.8) is 0 Å². The molecule has 0 radical (unpaired) electrons. The Bertz CT molecular complexity index is 744. The Labute approximate surface area is 139 Å². The Morgan fingerprint density at radius 2 is 1.52 bits per heavy atom. The van der Waals surface area contributed by atoms with Crippen molar-refractivity contribution < 1.29 is 16.8 Å². The number of rotatable bonds is 6. The summed E-state index contributed by atoms with van der Waals surface area (Å²) in [6, 6.07) is 6.82. The zero-order valence-electron chi connectivity index (χ0n) is 14.1. The van der Waals surface area contributed by atoms with Gasteiger partial charge in [0.1, 0.15) is 0 Å². The van der Waals surface area contributed by atoms with Gasteiger partial charge in [0.2, 0.25) is 10.0 Å². The summed E-state index contributed by atoms with van der Waals surface area (Å²) in [6.45, 7) is 7.90. The predicted molar refractivity (Wildman–Crippen MR) is 91.7 cm³/mol. The first-order valence-corrected chi connectivity index (χ1v) is 11.0. The highest BCUT2D eigenvalue weighted by molar-refractivity contribution is 7.92. The monoisotopic (exact) mass is 359 g/mol. The van der Waals surface area contributed by atoms with Gasteiger partial charge < -0.3 is 0 Å². The second kappa shape index (κ2) is 6.53. The molecule has 0 unspecified atom stereocenters. The van der Waals surface area contributed by atoms with E-state index in [2.05, 4.69) is 0 Å². The van der Waals surface area contributed by atoms with Gasteiger partial charge in [0.15, 0.2) is 9.84 Å². The molecule has 1 heterocycles. The standard InChI is InChI=1S/C16H25NO4S2/c1-12(2)11-22(18,19)16-9-17(10-16)23(20,21)15-7-5-14(6-8-15)13(3)4/h5-8,12-13,16H,9-11H2,1-4H3. The SMILES string of the molecule is CC(C)CS(=O)(=O)C1CN(S(=O)(=O)c2ccc(C(C)C)cc2)C1. The van der Waals surface area contributed by atoms with Crippen LogP contribution in [0.2, 0.25) is 0 Å². The zero-order chi connectivity index (χ0) is 17.4. The Morgan fingerprint density at radius 1 is 1.00 bits per heavy atom. The molecule has 0 N–H and O–H groups in total. The van der Waals surface area contributed by atoms with E-state index in [9.17, 15) is 16.8 Å². The highest BCUT2D eigenvalue weighted by Gasteiger charge is 2.43. The molecule has 1 aromatic carbocycles. The van der Waals surface area contributed by atoms with Gasteiger partial charge in [0.25, 0.3) is 0 Å². The zero-order valence-corrected chi connectivity index (χ0v) is 15.7. The Hall–Kier alpha value is -0.920. The maximum atomic E-state index is 12.5. The number of sulfonamides is 1. The molecule has 130 valence electrons. The lowest BCUT2D eigenvalue weighted by atomic mass is 10.0. The van der Waals surface area contributed by atoms with E-state index < -0.39 is 25.1 Å². The van der Waals surface area contributed by atoms with Gasteiger partial charge in [-0.3, -0.25) is 0 Å². The fraction of sp³-hybridized carbons (Fsp3) is 0.625. The van der Waals surface area contributed by atoms with E-state index >= 15 is 0 Å². The van der Waals surface area contributed by atoms with Crippen LogP contribution in [0.4, 0.5) is 0 Å². The lowest BCUT2D eigenvalue weighted by Crippen LogP contribution is -2.57. The first kappa shape index (κ1) is 18.4. The third-order valence-corrected chi connectivity index (χ3v) is 8.36. The van der Waals surface area contributed by atoms with Gasteiger partial charge in [0, 0.05) is 13.1 Å². The van der Waals surface area contributed by atoms with Crippen molar-refractivity contribution in [3.8, 4) is 0 Å². The number of hydrogen-bond donors (Lipinski definition) is 0. The summed E-state index contributed by atoms with van der Waals surface area (Å²) in [5, 5.41) is -0.574. The molecule has 0 amide bonds. The molecule has 5 nitrogen and oxygen atoms in total. The van der Waals surface area contributed by atoms with Gasteiger partial charge in [0.05, 0.1) is 15.9 Å². The molecule has 23 heavy (non-hydrogen) atoms. The van der Waals surface area contributed by atoms with Crippen molar-refractivity contribution in [1.29, 1.82) is 0 Å². The first-order chi connectivity index (χ1) is 10.5. The number of sulfone groups is 1. The third kappa shape index (κ3) is 3.95. The molecule has 0 atom stereocenters. The molecule has 1 aliphatic rings. The average molecular weight is 360 g/mol. The third-order valence-electron chi connectivity index (χ3n) is 4.07. The quantitative estimate of drug-likeness (QED) is 0.781. The molecular formula is C16H25NO4S2. The van der Waals surface area contributed by atoms with E-state index in [0.717, 1.165) is 5.56 Å². The molecule has 0 aliphatic carbocycles. The Balaban J connectivity index is 2.09. The normalized spacial score (nSPS) is 17.7. The molecule has 1 fully saturated rings. The molecule has 1 saturated heterocycles. The number of nitrogens with zero attached hydrogens (tertiary/aromatic N) is 1. The van der Waals surface area contributed by atoms with Gasteiger partial charge >= 0.3 is 0 Å². The summed E-state index contributed by atoms with van der Waals surface area (Å²) in [7, 11) is -6.82. The van der Waals surface area contributed by atoms with E-state index in [1.54, 1.807) is 12.1 Å². The fourth-order valence-electron chi connectivity index (χ4n) is 2.60. The molecule has 0 saturated carbocycles. The van der Waals surface area contributed by atoms with Crippen LogP contribution in [0.5, 0.6) is 0 Å². The van der Waals surface area contributed by atoms with Crippen molar-refractivity contribution in [3.05, 3.63) is 29.8 Å². The van der Waals surface area contributed by atoms with Crippen LogP contribution in [-0.4, -0.2) is 45.2 Å². The molecule has 7 heteroatoms. The lowest BCUT2D eigenvalue weighted by molar-refractivity contribution is 0.309. The lowest BCUT2D eigenvalue weighted by Gasteiger charge is -2.37. The maximum Gasteiger partial charge on any atom is 0.243 e. The first-order valence-electron chi connectivity index (χ1n) is 7.85. The van der Waals surface area contributed by atoms with Crippen molar-refractivity contribution in [2.45, 2.75) is 43.8 Å². The highest BCUT2D eigenvalue weighted by atomic mass is 32.2. The summed E-state index contributed by atoms with van der Waals surface area (Å²) in [4.78, 5) is 0.224. The summed E-state index contributed by atoms with van der Waals surface area (Å²) in [6.07, 6.45) is 0. The van der Waals surface area contributed by atoms with E-state index in [4.69, 9.17) is 0 Å². The molecule has 1 aliphatic heterocycles. The number of hydrogen-bond acceptors (Lipinski definition) is 4. The van der Waals surface area contributed by atoms with Crippen LogP contribution >= 0.6 is 0 Å². The minimum Gasteiger partial charge on any atom is -0.228 e. The molecule has 0 spiro atoms. The Kier molecular flexibility index (Phi) is 5.23. The predicted octanol–water partition coefficient (Wildman–Crippen LogP) is 2.25. The van der Waals surface area contributed by atoms with E-state index in [1.807, 2.05) is 39.8 Å². The van der Waals surface area contributed by atoms with Gasteiger partial charge in [-0.05, 0) is 29.5 Å². The van der Waals surface area contributed by atoms with Gasteiger partial charge in [-0.25, -0.2) is 16.8 Å². The van der Waals surface area contributed by atoms with Crippen LogP contribution in [0.1, 0.15) is 39.2 Å². The minimum atomic E-state index is -3.60. The van der Waals surface area contributed by atoms with Crippen LogP contribution in [0, 0.1) is 5.92 Å². The van der Waals surface area contributed by atoms with Crippen molar-refractivity contribution >= 4 is 19.9 Å². The van der Waals surface area contributed by atoms with E-state index in [1.165, 1.54) is 4.31 Å². The molecular weight excluding hydrogens is 334 g/mol. The van der Waals surface area contributed by atoms with Crippen molar-refractivity contribution in [2.75, 3.05) is 18.8 Å². The summed E-state index contributed by atoms with van der Waals surface area (Å²) >= 11 is 0. The minimum absolute atomic E-state index is 0.0502. The van der Waals surface area contributed by atoms with Crippen LogP contribution in [0.3, 0.4) is 0 Å². The van der Waals surface area contributed by atoms with E-state index in [-0.39, 0.29) is 29.7 Å². The van der Waals surface area contributed by atoms with Crippen LogP contribution < -0.4 is 0 Å². The van der Waals surface area contributed by atoms with Crippen LogP contribution in [-0.2, 0) is 19.9 Å². The van der Waals surface area contributed by atoms with Gasteiger partial charge in [-0.2, -0.15) is 4.31 Å². The molecule has 0 bridgehead atoms. The second-order valence-electron chi connectivity index (χ2n) is 6.89. The summed E-state index contributed by atoms with van der Waals surface area (Å²) in [5.74, 6) is 0.491. The molecule has 1 aromatic rings. The average Bonchev–Trinajstić information content (AvgIpc) is 2.34.